The zero-order valence-electron chi connectivity index (χ0n) is 28.1. The monoisotopic (exact) mass is 702 g/mol. The van der Waals surface area contributed by atoms with Crippen LogP contribution in [-0.4, -0.2) is 72.8 Å². The third-order valence-corrected chi connectivity index (χ3v) is 9.70. The Hall–Kier alpha value is -5.26. The van der Waals surface area contributed by atoms with E-state index in [2.05, 4.69) is 26.8 Å². The Labute approximate surface area is 292 Å². The van der Waals surface area contributed by atoms with Crippen LogP contribution in [0.1, 0.15) is 48.7 Å². The predicted octanol–water partition coefficient (Wildman–Crippen LogP) is 4.47. The number of carbonyl (C=O) groups excluding carboxylic acids is 1. The quantitative estimate of drug-likeness (QED) is 0.267. The largest absolute Gasteiger partial charge is 0.437 e. The van der Waals surface area contributed by atoms with Gasteiger partial charge >= 0.3 is 0 Å². The van der Waals surface area contributed by atoms with Crippen molar-refractivity contribution in [2.24, 2.45) is 5.92 Å². The van der Waals surface area contributed by atoms with Crippen molar-refractivity contribution in [2.75, 3.05) is 25.9 Å². The van der Waals surface area contributed by atoms with Crippen molar-refractivity contribution in [3.63, 3.8) is 0 Å². The first-order valence-electron chi connectivity index (χ1n) is 16.4. The van der Waals surface area contributed by atoms with Crippen LogP contribution in [0, 0.1) is 30.5 Å². The number of piperidine rings is 1. The fourth-order valence-electron chi connectivity index (χ4n) is 6.73. The van der Waals surface area contributed by atoms with Crippen LogP contribution in [-0.2, 0) is 16.1 Å². The van der Waals surface area contributed by atoms with Gasteiger partial charge in [0.25, 0.3) is 11.5 Å². The Morgan fingerprint density at radius 2 is 1.84 bits per heavy atom. The molecule has 0 spiro atoms. The van der Waals surface area contributed by atoms with E-state index in [0.717, 1.165) is 39.2 Å². The molecule has 0 unspecified atom stereocenters. The summed E-state index contributed by atoms with van der Waals surface area (Å²) in [6, 6.07) is 16.0. The number of aryl methyl sites for hydroxylation is 1. The number of hydrogen-bond donors (Lipinski definition) is 2. The van der Waals surface area contributed by atoms with E-state index in [9.17, 15) is 19.1 Å². The number of amides is 1. The smallest absolute Gasteiger partial charge is 0.295 e. The maximum atomic E-state index is 15.9. The van der Waals surface area contributed by atoms with Crippen LogP contribution in [0.15, 0.2) is 78.0 Å². The second kappa shape index (κ2) is 14.2. The molecule has 4 atom stereocenters. The van der Waals surface area contributed by atoms with Crippen LogP contribution in [0.2, 0.25) is 0 Å². The molecule has 1 amide bonds. The number of likely N-dealkylation sites (tertiary alicyclic amines) is 1. The predicted molar refractivity (Wildman–Crippen MR) is 180 cm³/mol. The van der Waals surface area contributed by atoms with Gasteiger partial charge in [-0.05, 0) is 73.9 Å². The van der Waals surface area contributed by atoms with Crippen LogP contribution >= 0.6 is 0 Å². The summed E-state index contributed by atoms with van der Waals surface area (Å²) in [6.45, 7) is -0.217. The van der Waals surface area contributed by atoms with E-state index in [0.29, 0.717) is 25.1 Å². The van der Waals surface area contributed by atoms with Crippen LogP contribution in [0.25, 0.3) is 0 Å². The lowest BCUT2D eigenvalue weighted by molar-refractivity contribution is -0.223. The number of hydrogen-bond acceptors (Lipinski definition) is 9. The summed E-state index contributed by atoms with van der Waals surface area (Å²) in [5.74, 6) is 0.591. The molecule has 1 aliphatic carbocycles. The molecule has 1 aliphatic heterocycles. The van der Waals surface area contributed by atoms with Crippen molar-refractivity contribution < 1.29 is 32.5 Å². The Kier molecular flexibility index (Phi) is 9.88. The summed E-state index contributed by atoms with van der Waals surface area (Å²) in [5.41, 5.74) is 2.54. The zero-order chi connectivity index (χ0) is 36.4. The molecule has 4 aromatic rings. The molecular weight excluding hydrogens is 665 g/mol. The van der Waals surface area contributed by atoms with Gasteiger partial charge in [-0.3, -0.25) is 14.2 Å². The molecule has 0 bridgehead atoms. The molecule has 14 heteroatoms. The van der Waals surface area contributed by atoms with Crippen molar-refractivity contribution in [1.29, 1.82) is 0 Å². The minimum absolute atomic E-state index is 0.153. The number of aromatic nitrogens is 4. The van der Waals surface area contributed by atoms with E-state index in [1.807, 2.05) is 37.3 Å². The lowest BCUT2D eigenvalue weighted by Crippen LogP contribution is -2.64. The Bertz CT molecular complexity index is 2020. The molecule has 6 rings (SSSR count). The van der Waals surface area contributed by atoms with Gasteiger partial charge in [0.1, 0.15) is 29.1 Å². The number of alkyl halides is 2. The molecule has 2 aromatic heterocycles. The number of carbonyl (C=O) groups is 1. The summed E-state index contributed by atoms with van der Waals surface area (Å²) in [7, 11) is 1.56. The second-order valence-electron chi connectivity index (χ2n) is 13.0. The highest BCUT2D eigenvalue weighted by Crippen LogP contribution is 2.46. The summed E-state index contributed by atoms with van der Waals surface area (Å²) in [4.78, 5) is 40.8. The van der Waals surface area contributed by atoms with Gasteiger partial charge in [-0.15, -0.1) is 0 Å². The first-order valence-corrected chi connectivity index (χ1v) is 16.4. The van der Waals surface area contributed by atoms with Crippen LogP contribution in [0.4, 0.5) is 18.9 Å². The molecular formula is C37H37F3N6O5. The molecule has 2 aliphatic rings. The van der Waals surface area contributed by atoms with Crippen molar-refractivity contribution in [2.45, 2.75) is 62.2 Å². The Morgan fingerprint density at radius 3 is 2.53 bits per heavy atom. The molecule has 11 nitrogen and oxygen atoms in total. The SMILES string of the molecule is CO[C@]1(C#Cc2nccc(C)n2)CC[C@@H](C(=O)N2CC[C@](O)(Cn3cnc(Oc4ccc(F)cc4)c(N)c3=O)C(F)(F)C2)[C@H](c2ccccc2)C1. The van der Waals surface area contributed by atoms with E-state index in [1.165, 1.54) is 12.1 Å². The van der Waals surface area contributed by atoms with Crippen LogP contribution < -0.4 is 16.0 Å². The van der Waals surface area contributed by atoms with Gasteiger partial charge in [0, 0.05) is 37.9 Å². The highest BCUT2D eigenvalue weighted by Gasteiger charge is 2.58. The number of ether oxygens (including phenoxy) is 2. The topological polar surface area (TPSA) is 146 Å². The zero-order valence-corrected chi connectivity index (χ0v) is 28.1. The summed E-state index contributed by atoms with van der Waals surface area (Å²) in [5, 5.41) is 11.3. The van der Waals surface area contributed by atoms with Gasteiger partial charge in [-0.25, -0.2) is 28.1 Å². The van der Waals surface area contributed by atoms with E-state index in [1.54, 1.807) is 19.4 Å². The highest BCUT2D eigenvalue weighted by atomic mass is 19.3. The summed E-state index contributed by atoms with van der Waals surface area (Å²) < 4.78 is 57.3. The molecule has 1 saturated carbocycles. The van der Waals surface area contributed by atoms with Crippen LogP contribution in [0.5, 0.6) is 11.6 Å². The Balaban J connectivity index is 1.19. The molecule has 3 N–H and O–H groups in total. The number of rotatable bonds is 7. The molecule has 3 heterocycles. The second-order valence-corrected chi connectivity index (χ2v) is 13.0. The minimum Gasteiger partial charge on any atom is -0.437 e. The molecule has 266 valence electrons. The van der Waals surface area contributed by atoms with Gasteiger partial charge in [0.2, 0.25) is 17.6 Å². The van der Waals surface area contributed by atoms with Gasteiger partial charge in [0.05, 0.1) is 13.1 Å². The minimum atomic E-state index is -3.80. The first kappa shape index (κ1) is 35.6. The highest BCUT2D eigenvalue weighted by molar-refractivity contribution is 5.80. The third-order valence-electron chi connectivity index (χ3n) is 9.70. The van der Waals surface area contributed by atoms with Crippen molar-refractivity contribution in [3.05, 3.63) is 106 Å². The van der Waals surface area contributed by atoms with Crippen molar-refractivity contribution >= 4 is 11.6 Å². The third kappa shape index (κ3) is 7.45. The molecule has 2 aromatic carbocycles. The molecule has 2 fully saturated rings. The lowest BCUT2D eigenvalue weighted by Gasteiger charge is -2.47. The maximum absolute atomic E-state index is 15.9. The van der Waals surface area contributed by atoms with Crippen LogP contribution in [0.3, 0.4) is 0 Å². The number of anilines is 1. The number of methoxy groups -OCH3 is 1. The number of halogens is 3. The number of nitrogen functional groups attached to an aromatic ring is 1. The van der Waals surface area contributed by atoms with Gasteiger partial charge < -0.3 is 25.2 Å². The number of nitrogens with zero attached hydrogens (tertiary/aromatic N) is 5. The fourth-order valence-corrected chi connectivity index (χ4v) is 6.73. The van der Waals surface area contributed by atoms with Gasteiger partial charge in [0.15, 0.2) is 5.69 Å². The Morgan fingerprint density at radius 1 is 1.10 bits per heavy atom. The van der Waals surface area contributed by atoms with Crippen molar-refractivity contribution in [3.8, 4) is 23.5 Å². The van der Waals surface area contributed by atoms with E-state index in [-0.39, 0.29) is 18.2 Å². The number of nitrogens with two attached hydrogens (primary N) is 1. The van der Waals surface area contributed by atoms with E-state index < -0.39 is 71.4 Å². The molecule has 51 heavy (non-hydrogen) atoms. The average Bonchev–Trinajstić information content (AvgIpc) is 3.13. The standard InChI is InChI=1S/C37H37F3N6O5/c1-24-14-18-42-30(44-24)13-16-35(50-2)15-12-28(29(20-35)25-6-4-3-5-7-25)33(47)45-19-17-36(49,37(39,40)22-45)21-46-23-43-32(31(41)34(46)48)51-27-10-8-26(38)9-11-27/h3-11,14,18,23,28-29,49H,12,15,17,19-22,41H2,1-2H3/t28-,29+,35+,36+/m1/s1. The van der Waals surface area contributed by atoms with Gasteiger partial charge in [-0.2, -0.15) is 0 Å². The summed E-state index contributed by atoms with van der Waals surface area (Å²) in [6.07, 6.45) is 3.07. The first-order chi connectivity index (χ1) is 24.3. The normalized spacial score (nSPS) is 24.3. The fraction of sp³-hybridized carbons (Fsp3) is 0.378. The van der Waals surface area contributed by atoms with Gasteiger partial charge in [-0.1, -0.05) is 36.3 Å². The number of aliphatic hydroxyl groups is 1. The number of benzene rings is 2. The summed E-state index contributed by atoms with van der Waals surface area (Å²) >= 11 is 0. The molecule has 1 saturated heterocycles. The average molecular weight is 703 g/mol. The van der Waals surface area contributed by atoms with Crippen molar-refractivity contribution in [1.82, 2.24) is 24.4 Å². The maximum Gasteiger partial charge on any atom is 0.295 e. The van der Waals surface area contributed by atoms with E-state index in [4.69, 9.17) is 15.2 Å². The van der Waals surface area contributed by atoms with E-state index >= 15 is 8.78 Å². The molecule has 0 radical (unpaired) electrons. The lowest BCUT2D eigenvalue weighted by atomic mass is 9.68.